The van der Waals surface area contributed by atoms with Gasteiger partial charge in [0.1, 0.15) is 5.82 Å². The lowest BCUT2D eigenvalue weighted by atomic mass is 10.2. The topological polar surface area (TPSA) is 77.8 Å². The van der Waals surface area contributed by atoms with Gasteiger partial charge in [0, 0.05) is 12.6 Å². The Morgan fingerprint density at radius 1 is 1.28 bits per heavy atom. The highest BCUT2D eigenvalue weighted by Crippen LogP contribution is 2.22. The Morgan fingerprint density at radius 3 is 2.67 bits per heavy atom. The molecule has 0 bridgehead atoms. The second kappa shape index (κ2) is 4.63. The monoisotopic (exact) mass is 258 g/mol. The van der Waals surface area contributed by atoms with E-state index in [9.17, 15) is 13.2 Å². The second-order valence-electron chi connectivity index (χ2n) is 3.60. The first-order valence-electron chi connectivity index (χ1n) is 5.05. The lowest BCUT2D eigenvalue weighted by Gasteiger charge is -2.01. The normalized spacial score (nSPS) is 11.7. The van der Waals surface area contributed by atoms with E-state index in [1.54, 1.807) is 6.07 Å². The third kappa shape index (κ3) is 3.19. The van der Waals surface area contributed by atoms with Gasteiger partial charge in [-0.05, 0) is 12.1 Å². The molecule has 2 N–H and O–H groups in total. The van der Waals surface area contributed by atoms with Crippen molar-refractivity contribution in [3.63, 3.8) is 0 Å². The molecular weight excluding hydrogens is 249 g/mol. The molecule has 0 amide bonds. The minimum atomic E-state index is -4.23. The number of halogens is 3. The maximum Gasteiger partial charge on any atom is 0.389 e. The van der Waals surface area contributed by atoms with Crippen LogP contribution in [0.5, 0.6) is 0 Å². The molecule has 0 spiro atoms. The summed E-state index contributed by atoms with van der Waals surface area (Å²) in [5, 5.41) is 3.47. The summed E-state index contributed by atoms with van der Waals surface area (Å²) in [7, 11) is 0. The molecule has 2 heterocycles. The first-order valence-corrected chi connectivity index (χ1v) is 5.05. The molecule has 0 saturated carbocycles. The predicted octanol–water partition coefficient (Wildman–Crippen LogP) is 2.21. The van der Waals surface area contributed by atoms with Gasteiger partial charge in [0.25, 0.3) is 5.89 Å². The molecule has 0 aromatic carbocycles. The number of aromatic nitrogens is 3. The Kier molecular flexibility index (Phi) is 3.17. The zero-order chi connectivity index (χ0) is 13.2. The zero-order valence-corrected chi connectivity index (χ0v) is 9.11. The van der Waals surface area contributed by atoms with Crippen LogP contribution in [-0.4, -0.2) is 21.3 Å². The van der Waals surface area contributed by atoms with E-state index in [1.807, 2.05) is 0 Å². The Balaban J connectivity index is 2.08. The summed E-state index contributed by atoms with van der Waals surface area (Å²) in [6.07, 6.45) is -4.11. The molecule has 0 saturated heterocycles. The van der Waals surface area contributed by atoms with Crippen LogP contribution >= 0.6 is 0 Å². The van der Waals surface area contributed by atoms with Crippen molar-refractivity contribution in [3.05, 3.63) is 24.2 Å². The molecule has 0 aliphatic rings. The van der Waals surface area contributed by atoms with E-state index >= 15 is 0 Å². The summed E-state index contributed by atoms with van der Waals surface area (Å²) in [6, 6.07) is 3.14. The van der Waals surface area contributed by atoms with Gasteiger partial charge in [-0.2, -0.15) is 18.2 Å². The third-order valence-corrected chi connectivity index (χ3v) is 2.13. The van der Waals surface area contributed by atoms with Crippen LogP contribution in [0.25, 0.3) is 11.5 Å². The van der Waals surface area contributed by atoms with E-state index in [0.717, 1.165) is 0 Å². The number of rotatable bonds is 3. The minimum absolute atomic E-state index is 0.0131. The molecule has 96 valence electrons. The predicted molar refractivity (Wildman–Crippen MR) is 56.3 cm³/mol. The second-order valence-corrected chi connectivity index (χ2v) is 3.60. The van der Waals surface area contributed by atoms with Crippen molar-refractivity contribution >= 4 is 5.82 Å². The van der Waals surface area contributed by atoms with Gasteiger partial charge in [0.15, 0.2) is 5.82 Å². The maximum atomic E-state index is 12.0. The van der Waals surface area contributed by atoms with Crippen LogP contribution in [0.4, 0.5) is 19.0 Å². The van der Waals surface area contributed by atoms with Crippen molar-refractivity contribution in [2.45, 2.75) is 19.0 Å². The number of hydrogen-bond acceptors (Lipinski definition) is 5. The van der Waals surface area contributed by atoms with E-state index in [1.165, 1.54) is 12.3 Å². The van der Waals surface area contributed by atoms with Crippen molar-refractivity contribution < 1.29 is 17.7 Å². The van der Waals surface area contributed by atoms with E-state index in [0.29, 0.717) is 11.4 Å². The quantitative estimate of drug-likeness (QED) is 0.913. The smallest absolute Gasteiger partial charge is 0.384 e. The third-order valence-electron chi connectivity index (χ3n) is 2.13. The van der Waals surface area contributed by atoms with Gasteiger partial charge in [0.2, 0.25) is 0 Å². The van der Waals surface area contributed by atoms with Crippen LogP contribution in [0.2, 0.25) is 0 Å². The van der Waals surface area contributed by atoms with E-state index in [2.05, 4.69) is 15.1 Å². The molecule has 0 radical (unpaired) electrons. The van der Waals surface area contributed by atoms with Crippen molar-refractivity contribution in [1.29, 1.82) is 0 Å². The lowest BCUT2D eigenvalue weighted by Crippen LogP contribution is -2.09. The molecule has 5 nitrogen and oxygen atoms in total. The molecule has 0 atom stereocenters. The van der Waals surface area contributed by atoms with Gasteiger partial charge in [-0.3, -0.25) is 0 Å². The molecule has 0 unspecified atom stereocenters. The van der Waals surface area contributed by atoms with Crippen molar-refractivity contribution in [2.24, 2.45) is 0 Å². The van der Waals surface area contributed by atoms with Gasteiger partial charge in [-0.25, -0.2) is 4.98 Å². The molecule has 18 heavy (non-hydrogen) atoms. The van der Waals surface area contributed by atoms with Gasteiger partial charge >= 0.3 is 6.18 Å². The fraction of sp³-hybridized carbons (Fsp3) is 0.300. The van der Waals surface area contributed by atoms with Gasteiger partial charge in [0.05, 0.1) is 12.0 Å². The Morgan fingerprint density at radius 2 is 2.06 bits per heavy atom. The Bertz CT molecular complexity index is 521. The van der Waals surface area contributed by atoms with Crippen molar-refractivity contribution in [1.82, 2.24) is 15.1 Å². The van der Waals surface area contributed by atoms with Crippen LogP contribution in [0.3, 0.4) is 0 Å². The number of anilines is 1. The molecule has 2 rings (SSSR count). The number of aryl methyl sites for hydroxylation is 1. The lowest BCUT2D eigenvalue weighted by molar-refractivity contribution is -0.134. The first kappa shape index (κ1) is 12.3. The Labute approximate surface area is 99.8 Å². The molecule has 0 aliphatic carbocycles. The number of nitrogens with two attached hydrogens (primary N) is 1. The van der Waals surface area contributed by atoms with Crippen LogP contribution in [-0.2, 0) is 6.42 Å². The summed E-state index contributed by atoms with van der Waals surface area (Å²) in [4.78, 5) is 7.67. The van der Waals surface area contributed by atoms with Crippen LogP contribution in [0, 0.1) is 0 Å². The average molecular weight is 258 g/mol. The van der Waals surface area contributed by atoms with Crippen LogP contribution in [0.15, 0.2) is 22.9 Å². The van der Waals surface area contributed by atoms with Crippen LogP contribution < -0.4 is 5.73 Å². The molecular formula is C10H9F3N4O. The molecule has 2 aromatic heterocycles. The number of pyridine rings is 1. The molecule has 0 aliphatic heterocycles. The number of hydrogen-bond donors (Lipinski definition) is 1. The summed E-state index contributed by atoms with van der Waals surface area (Å²) >= 11 is 0. The number of alkyl halides is 3. The fourth-order valence-corrected chi connectivity index (χ4v) is 1.26. The summed E-state index contributed by atoms with van der Waals surface area (Å²) < 4.78 is 40.9. The van der Waals surface area contributed by atoms with E-state index in [4.69, 9.17) is 10.3 Å². The minimum Gasteiger partial charge on any atom is -0.384 e. The summed E-state index contributed by atoms with van der Waals surface area (Å²) in [5.74, 6) is 0.467. The largest absolute Gasteiger partial charge is 0.389 e. The summed E-state index contributed by atoms with van der Waals surface area (Å²) in [6.45, 7) is 0. The molecule has 8 heteroatoms. The molecule has 0 fully saturated rings. The Hall–Kier alpha value is -2.12. The molecule has 2 aromatic rings. The van der Waals surface area contributed by atoms with E-state index in [-0.39, 0.29) is 18.1 Å². The summed E-state index contributed by atoms with van der Waals surface area (Å²) in [5.41, 5.74) is 5.91. The zero-order valence-electron chi connectivity index (χ0n) is 9.11. The maximum absolute atomic E-state index is 12.0. The fourth-order valence-electron chi connectivity index (χ4n) is 1.26. The average Bonchev–Trinajstić information content (AvgIpc) is 2.75. The van der Waals surface area contributed by atoms with Gasteiger partial charge < -0.3 is 10.3 Å². The van der Waals surface area contributed by atoms with E-state index < -0.39 is 12.6 Å². The van der Waals surface area contributed by atoms with Crippen molar-refractivity contribution in [3.8, 4) is 11.5 Å². The van der Waals surface area contributed by atoms with Crippen LogP contribution in [0.1, 0.15) is 12.2 Å². The van der Waals surface area contributed by atoms with Gasteiger partial charge in [-0.1, -0.05) is 5.16 Å². The first-order chi connectivity index (χ1) is 8.44. The highest BCUT2D eigenvalue weighted by molar-refractivity contribution is 5.53. The highest BCUT2D eigenvalue weighted by atomic mass is 19.4. The number of nitrogens with zero attached hydrogens (tertiary/aromatic N) is 3. The highest BCUT2D eigenvalue weighted by Gasteiger charge is 2.27. The number of nitrogen functional groups attached to an aromatic ring is 1. The van der Waals surface area contributed by atoms with Gasteiger partial charge in [-0.15, -0.1) is 0 Å². The SMILES string of the molecule is Nc1ccc(-c2nc(CCC(F)(F)F)no2)cn1. The standard InChI is InChI=1S/C10H9F3N4O/c11-10(12,13)4-3-8-16-9(18-17-8)6-1-2-7(14)15-5-6/h1-2,5H,3-4H2,(H2,14,15). The van der Waals surface area contributed by atoms with Crippen molar-refractivity contribution in [2.75, 3.05) is 5.73 Å².